The molecule has 1 aliphatic heterocycles. The third-order valence-electron chi connectivity index (χ3n) is 4.30. The predicted molar refractivity (Wildman–Crippen MR) is 88.5 cm³/mol. The van der Waals surface area contributed by atoms with Crippen LogP contribution in [0.15, 0.2) is 24.3 Å². The number of hydrogen-bond donors (Lipinski definition) is 1. The van der Waals surface area contributed by atoms with Crippen molar-refractivity contribution in [1.82, 2.24) is 14.7 Å². The molecule has 3 rings (SSSR count). The fraction of sp³-hybridized carbons (Fsp3) is 0.438. The number of rotatable bonds is 5. The van der Waals surface area contributed by atoms with Crippen LogP contribution < -0.4 is 5.32 Å². The lowest BCUT2D eigenvalue weighted by molar-refractivity contribution is -0.384. The molecule has 0 aliphatic carbocycles. The Labute approximate surface area is 135 Å². The Morgan fingerprint density at radius 2 is 2.09 bits per heavy atom. The molecule has 2 heterocycles. The summed E-state index contributed by atoms with van der Waals surface area (Å²) in [5.41, 5.74) is 3.30. The van der Waals surface area contributed by atoms with Gasteiger partial charge in [0.2, 0.25) is 5.82 Å². The summed E-state index contributed by atoms with van der Waals surface area (Å²) in [5.74, 6) is 0.477. The normalized spacial score (nSPS) is 14.5. The van der Waals surface area contributed by atoms with Crippen LogP contribution in [0.5, 0.6) is 0 Å². The van der Waals surface area contributed by atoms with Crippen LogP contribution in [0.4, 0.5) is 11.5 Å². The highest BCUT2D eigenvalue weighted by molar-refractivity contribution is 5.59. The van der Waals surface area contributed by atoms with Crippen LogP contribution in [0.1, 0.15) is 16.8 Å². The highest BCUT2D eigenvalue weighted by Crippen LogP contribution is 2.27. The third-order valence-corrected chi connectivity index (χ3v) is 4.30. The Balaban J connectivity index is 1.60. The van der Waals surface area contributed by atoms with Crippen molar-refractivity contribution in [2.24, 2.45) is 7.05 Å². The van der Waals surface area contributed by atoms with E-state index in [0.717, 1.165) is 26.1 Å². The SMILES string of the molecule is Cc1nn(C)c(NCCN2CCc3ccccc3C2)c1[N+](=O)[O-]. The molecule has 0 saturated carbocycles. The van der Waals surface area contributed by atoms with Crippen LogP contribution >= 0.6 is 0 Å². The Hall–Kier alpha value is -2.41. The standard InChI is InChI=1S/C16H21N5O2/c1-12-15(21(22)23)16(19(2)18-12)17-8-10-20-9-7-13-5-3-4-6-14(13)11-20/h3-6,17H,7-11H2,1-2H3. The van der Waals surface area contributed by atoms with Gasteiger partial charge in [0.15, 0.2) is 0 Å². The molecule has 0 bridgehead atoms. The van der Waals surface area contributed by atoms with Crippen molar-refractivity contribution in [3.8, 4) is 0 Å². The highest BCUT2D eigenvalue weighted by Gasteiger charge is 2.24. The number of nitrogens with zero attached hydrogens (tertiary/aromatic N) is 4. The fourth-order valence-electron chi connectivity index (χ4n) is 3.14. The van der Waals surface area contributed by atoms with Crippen molar-refractivity contribution in [3.63, 3.8) is 0 Å². The van der Waals surface area contributed by atoms with E-state index < -0.39 is 0 Å². The average molecular weight is 315 g/mol. The van der Waals surface area contributed by atoms with Gasteiger partial charge in [0.05, 0.1) is 4.92 Å². The molecule has 0 spiro atoms. The van der Waals surface area contributed by atoms with Crippen molar-refractivity contribution >= 4 is 11.5 Å². The zero-order chi connectivity index (χ0) is 16.4. The first-order chi connectivity index (χ1) is 11.1. The molecule has 0 radical (unpaired) electrons. The molecule has 0 amide bonds. The summed E-state index contributed by atoms with van der Waals surface area (Å²) in [7, 11) is 1.72. The van der Waals surface area contributed by atoms with Crippen molar-refractivity contribution < 1.29 is 4.92 Å². The minimum absolute atomic E-state index is 0.0662. The van der Waals surface area contributed by atoms with Crippen molar-refractivity contribution in [3.05, 3.63) is 51.2 Å². The van der Waals surface area contributed by atoms with Crippen LogP contribution in [0.3, 0.4) is 0 Å². The first-order valence-corrected chi connectivity index (χ1v) is 7.77. The second-order valence-corrected chi connectivity index (χ2v) is 5.88. The molecular weight excluding hydrogens is 294 g/mol. The second kappa shape index (κ2) is 6.37. The monoisotopic (exact) mass is 315 g/mol. The van der Waals surface area contributed by atoms with E-state index in [1.165, 1.54) is 11.1 Å². The van der Waals surface area contributed by atoms with Gasteiger partial charge in [0.1, 0.15) is 5.69 Å². The van der Waals surface area contributed by atoms with E-state index in [0.29, 0.717) is 18.1 Å². The topological polar surface area (TPSA) is 76.2 Å². The Morgan fingerprint density at radius 1 is 1.35 bits per heavy atom. The van der Waals surface area contributed by atoms with E-state index in [-0.39, 0.29) is 10.6 Å². The maximum Gasteiger partial charge on any atom is 0.333 e. The van der Waals surface area contributed by atoms with Gasteiger partial charge in [-0.25, -0.2) is 4.68 Å². The summed E-state index contributed by atoms with van der Waals surface area (Å²) in [4.78, 5) is 13.2. The van der Waals surface area contributed by atoms with Gasteiger partial charge < -0.3 is 5.32 Å². The number of fused-ring (bicyclic) bond motifs is 1. The number of hydrogen-bond acceptors (Lipinski definition) is 5. The van der Waals surface area contributed by atoms with Crippen LogP contribution in [0.2, 0.25) is 0 Å². The van der Waals surface area contributed by atoms with Gasteiger partial charge in [0, 0.05) is 33.2 Å². The quantitative estimate of drug-likeness (QED) is 0.675. The van der Waals surface area contributed by atoms with Gasteiger partial charge in [-0.05, 0) is 24.5 Å². The Morgan fingerprint density at radius 3 is 2.83 bits per heavy atom. The molecule has 7 heteroatoms. The molecule has 23 heavy (non-hydrogen) atoms. The first-order valence-electron chi connectivity index (χ1n) is 7.77. The van der Waals surface area contributed by atoms with E-state index >= 15 is 0 Å². The third kappa shape index (κ3) is 3.19. The Bertz CT molecular complexity index is 725. The maximum atomic E-state index is 11.2. The zero-order valence-corrected chi connectivity index (χ0v) is 13.5. The molecule has 1 aromatic heterocycles. The number of anilines is 1. The maximum absolute atomic E-state index is 11.2. The van der Waals surface area contributed by atoms with Crippen LogP contribution in [0.25, 0.3) is 0 Å². The van der Waals surface area contributed by atoms with E-state index in [4.69, 9.17) is 0 Å². The summed E-state index contributed by atoms with van der Waals surface area (Å²) in [6.45, 7) is 5.11. The first kappa shape index (κ1) is 15.5. The largest absolute Gasteiger partial charge is 0.363 e. The summed E-state index contributed by atoms with van der Waals surface area (Å²) in [6.07, 6.45) is 1.06. The molecule has 122 valence electrons. The van der Waals surface area contributed by atoms with E-state index in [1.54, 1.807) is 18.7 Å². The molecule has 2 aromatic rings. The summed E-state index contributed by atoms with van der Waals surface area (Å²) in [6, 6.07) is 8.51. The molecule has 1 N–H and O–H groups in total. The van der Waals surface area contributed by atoms with Gasteiger partial charge in [0.25, 0.3) is 0 Å². The van der Waals surface area contributed by atoms with Crippen molar-refractivity contribution in [1.29, 1.82) is 0 Å². The van der Waals surface area contributed by atoms with Gasteiger partial charge in [-0.3, -0.25) is 15.0 Å². The predicted octanol–water partition coefficient (Wildman–Crippen LogP) is 2.11. The lowest BCUT2D eigenvalue weighted by Crippen LogP contribution is -2.34. The van der Waals surface area contributed by atoms with Crippen molar-refractivity contribution in [2.45, 2.75) is 19.9 Å². The van der Waals surface area contributed by atoms with Crippen LogP contribution in [0, 0.1) is 17.0 Å². The molecule has 0 saturated heterocycles. The zero-order valence-electron chi connectivity index (χ0n) is 13.5. The fourth-order valence-corrected chi connectivity index (χ4v) is 3.14. The number of nitrogens with one attached hydrogen (secondary N) is 1. The van der Waals surface area contributed by atoms with Crippen LogP contribution in [-0.4, -0.2) is 39.2 Å². The lowest BCUT2D eigenvalue weighted by atomic mass is 10.00. The second-order valence-electron chi connectivity index (χ2n) is 5.88. The summed E-state index contributed by atoms with van der Waals surface area (Å²) < 4.78 is 1.54. The summed E-state index contributed by atoms with van der Waals surface area (Å²) >= 11 is 0. The number of benzene rings is 1. The van der Waals surface area contributed by atoms with Gasteiger partial charge in [-0.2, -0.15) is 5.10 Å². The smallest absolute Gasteiger partial charge is 0.333 e. The van der Waals surface area contributed by atoms with Gasteiger partial charge in [-0.1, -0.05) is 24.3 Å². The van der Waals surface area contributed by atoms with E-state index in [2.05, 4.69) is 39.6 Å². The molecule has 0 fully saturated rings. The molecule has 0 unspecified atom stereocenters. The molecular formula is C16H21N5O2. The number of nitro groups is 1. The highest BCUT2D eigenvalue weighted by atomic mass is 16.6. The minimum atomic E-state index is -0.373. The van der Waals surface area contributed by atoms with Crippen LogP contribution in [-0.2, 0) is 20.0 Å². The lowest BCUT2D eigenvalue weighted by Gasteiger charge is -2.28. The molecule has 7 nitrogen and oxygen atoms in total. The van der Waals surface area contributed by atoms with E-state index in [9.17, 15) is 10.1 Å². The molecule has 0 atom stereocenters. The Kier molecular flexibility index (Phi) is 4.29. The number of aryl methyl sites for hydroxylation is 2. The van der Waals surface area contributed by atoms with Gasteiger partial charge in [-0.15, -0.1) is 0 Å². The minimum Gasteiger partial charge on any atom is -0.363 e. The number of aromatic nitrogens is 2. The average Bonchev–Trinajstić information content (AvgIpc) is 2.81. The molecule has 1 aliphatic rings. The summed E-state index contributed by atoms with van der Waals surface area (Å²) in [5, 5.41) is 18.5. The van der Waals surface area contributed by atoms with Gasteiger partial charge >= 0.3 is 5.69 Å². The van der Waals surface area contributed by atoms with E-state index in [1.807, 2.05) is 0 Å². The van der Waals surface area contributed by atoms with Crippen molar-refractivity contribution in [2.75, 3.05) is 25.0 Å². The molecule has 1 aromatic carbocycles.